The number of carbonyl (C=O) groups is 1. The molecule has 0 aliphatic heterocycles. The van der Waals surface area contributed by atoms with Crippen molar-refractivity contribution in [1.82, 2.24) is 0 Å². The van der Waals surface area contributed by atoms with Crippen LogP contribution in [0, 0.1) is 0 Å². The van der Waals surface area contributed by atoms with Crippen LogP contribution >= 0.6 is 50.6 Å². The van der Waals surface area contributed by atoms with E-state index in [1.54, 1.807) is 0 Å². The third kappa shape index (κ3) is 3.85. The molecule has 17 heavy (non-hydrogen) atoms. The van der Waals surface area contributed by atoms with Gasteiger partial charge in [-0.1, -0.05) is 17.7 Å². The highest BCUT2D eigenvalue weighted by Crippen LogP contribution is 2.26. The number of rotatable bonds is 4. The van der Waals surface area contributed by atoms with Crippen LogP contribution in [0.15, 0.2) is 45.1 Å². The molecule has 0 radical (unpaired) electrons. The Kier molecular flexibility index (Phi) is 4.68. The summed E-state index contributed by atoms with van der Waals surface area (Å²) in [5, 5.41) is 0.696. The summed E-state index contributed by atoms with van der Waals surface area (Å²) in [6, 6.07) is 11.3. The van der Waals surface area contributed by atoms with Gasteiger partial charge < -0.3 is 0 Å². The third-order valence-corrected chi connectivity index (χ3v) is 4.91. The van der Waals surface area contributed by atoms with E-state index >= 15 is 0 Å². The number of hydrogen-bond donors (Lipinski definition) is 0. The summed E-state index contributed by atoms with van der Waals surface area (Å²) in [7, 11) is 0. The van der Waals surface area contributed by atoms with Gasteiger partial charge in [0.1, 0.15) is 0 Å². The van der Waals surface area contributed by atoms with Crippen LogP contribution in [-0.2, 0) is 0 Å². The minimum Gasteiger partial charge on any atom is -0.292 e. The van der Waals surface area contributed by atoms with Gasteiger partial charge >= 0.3 is 0 Å². The van der Waals surface area contributed by atoms with Crippen LogP contribution in [0.4, 0.5) is 0 Å². The van der Waals surface area contributed by atoms with Crippen LogP contribution in [0.1, 0.15) is 9.67 Å². The minimum absolute atomic E-state index is 0.144. The first-order chi connectivity index (χ1) is 8.15. The number of thiophene rings is 1. The maximum absolute atomic E-state index is 11.9. The highest BCUT2D eigenvalue weighted by molar-refractivity contribution is 9.11. The fourth-order valence-corrected chi connectivity index (χ4v) is 3.75. The van der Waals surface area contributed by atoms with Crippen molar-refractivity contribution >= 4 is 56.4 Å². The standard InChI is InChI=1S/C12H8BrClOS2/c13-12-5-4-11(17-12)10(15)7-16-9-3-1-2-8(14)6-9/h1-6H,7H2. The Morgan fingerprint density at radius 1 is 1.35 bits per heavy atom. The van der Waals surface area contributed by atoms with Gasteiger partial charge in [-0.05, 0) is 46.3 Å². The van der Waals surface area contributed by atoms with Crippen molar-refractivity contribution in [3.8, 4) is 0 Å². The lowest BCUT2D eigenvalue weighted by Crippen LogP contribution is -1.98. The van der Waals surface area contributed by atoms with Gasteiger partial charge in [0, 0.05) is 9.92 Å². The normalized spacial score (nSPS) is 10.5. The lowest BCUT2D eigenvalue weighted by atomic mass is 10.3. The highest BCUT2D eigenvalue weighted by Gasteiger charge is 2.09. The van der Waals surface area contributed by atoms with Gasteiger partial charge in [-0.25, -0.2) is 0 Å². The molecule has 0 saturated carbocycles. The SMILES string of the molecule is O=C(CSc1cccc(Cl)c1)c1ccc(Br)s1. The topological polar surface area (TPSA) is 17.1 Å². The first kappa shape index (κ1) is 13.1. The second kappa shape index (κ2) is 6.05. The van der Waals surface area contributed by atoms with Crippen LogP contribution in [0.5, 0.6) is 0 Å². The number of carbonyl (C=O) groups excluding carboxylic acids is 1. The second-order valence-electron chi connectivity index (χ2n) is 3.27. The van der Waals surface area contributed by atoms with E-state index in [0.29, 0.717) is 10.8 Å². The average molecular weight is 348 g/mol. The predicted molar refractivity (Wildman–Crippen MR) is 78.5 cm³/mol. The predicted octanol–water partition coefficient (Wildman–Crippen LogP) is 5.14. The first-order valence-corrected chi connectivity index (χ1v) is 7.79. The molecule has 0 aliphatic rings. The molecule has 0 saturated heterocycles. The van der Waals surface area contributed by atoms with E-state index in [4.69, 9.17) is 11.6 Å². The molecule has 0 atom stereocenters. The van der Waals surface area contributed by atoms with Crippen LogP contribution < -0.4 is 0 Å². The number of thioether (sulfide) groups is 1. The minimum atomic E-state index is 0.144. The molecule has 2 rings (SSSR count). The van der Waals surface area contributed by atoms with Gasteiger partial charge in [0.2, 0.25) is 0 Å². The molecule has 0 N–H and O–H groups in total. The molecular formula is C12H8BrClOS2. The fourth-order valence-electron chi connectivity index (χ4n) is 1.24. The Morgan fingerprint density at radius 2 is 2.18 bits per heavy atom. The summed E-state index contributed by atoms with van der Waals surface area (Å²) in [6.45, 7) is 0. The van der Waals surface area contributed by atoms with Gasteiger partial charge in [-0.2, -0.15) is 0 Å². The molecule has 0 fully saturated rings. The molecule has 0 amide bonds. The molecule has 1 aromatic heterocycles. The zero-order valence-electron chi connectivity index (χ0n) is 8.65. The Morgan fingerprint density at radius 3 is 2.82 bits per heavy atom. The fraction of sp³-hybridized carbons (Fsp3) is 0.0833. The summed E-state index contributed by atoms with van der Waals surface area (Å²) in [6.07, 6.45) is 0. The van der Waals surface area contributed by atoms with Crippen molar-refractivity contribution in [3.05, 3.63) is 50.1 Å². The van der Waals surface area contributed by atoms with Gasteiger partial charge in [0.25, 0.3) is 0 Å². The maximum atomic E-state index is 11.9. The van der Waals surface area contributed by atoms with Crippen LogP contribution in [0.3, 0.4) is 0 Å². The molecule has 0 spiro atoms. The molecule has 2 aromatic rings. The van der Waals surface area contributed by atoms with Gasteiger partial charge in [-0.15, -0.1) is 23.1 Å². The molecule has 0 unspecified atom stereocenters. The van der Waals surface area contributed by atoms with Gasteiger partial charge in [0.05, 0.1) is 14.4 Å². The Hall–Kier alpha value is -0.290. The maximum Gasteiger partial charge on any atom is 0.183 e. The molecule has 0 aliphatic carbocycles. The van der Waals surface area contributed by atoms with Crippen molar-refractivity contribution in [1.29, 1.82) is 0 Å². The Balaban J connectivity index is 1.97. The number of benzene rings is 1. The van der Waals surface area contributed by atoms with Gasteiger partial charge in [-0.3, -0.25) is 4.79 Å². The van der Waals surface area contributed by atoms with Crippen LogP contribution in [-0.4, -0.2) is 11.5 Å². The number of ketones is 1. The van der Waals surface area contributed by atoms with E-state index in [1.807, 2.05) is 36.4 Å². The lowest BCUT2D eigenvalue weighted by Gasteiger charge is -2.00. The zero-order valence-corrected chi connectivity index (χ0v) is 12.6. The molecule has 1 heterocycles. The third-order valence-electron chi connectivity index (χ3n) is 2.01. The van der Waals surface area contributed by atoms with E-state index in [1.165, 1.54) is 23.1 Å². The van der Waals surface area contributed by atoms with Crippen molar-refractivity contribution in [3.63, 3.8) is 0 Å². The molecule has 1 aromatic carbocycles. The zero-order chi connectivity index (χ0) is 12.3. The average Bonchev–Trinajstić information content (AvgIpc) is 2.73. The van der Waals surface area contributed by atoms with Crippen molar-refractivity contribution in [2.24, 2.45) is 0 Å². The quantitative estimate of drug-likeness (QED) is 0.563. The molecule has 88 valence electrons. The summed E-state index contributed by atoms with van der Waals surface area (Å²) in [5.74, 6) is 0.582. The van der Waals surface area contributed by atoms with Gasteiger partial charge in [0.15, 0.2) is 5.78 Å². The molecular weight excluding hydrogens is 340 g/mol. The first-order valence-electron chi connectivity index (χ1n) is 4.82. The van der Waals surface area contributed by atoms with E-state index in [0.717, 1.165) is 13.6 Å². The number of hydrogen-bond acceptors (Lipinski definition) is 3. The number of halogens is 2. The summed E-state index contributed by atoms with van der Waals surface area (Å²) < 4.78 is 0.980. The van der Waals surface area contributed by atoms with E-state index in [9.17, 15) is 4.79 Å². The Labute approximate surface area is 121 Å². The highest BCUT2D eigenvalue weighted by atomic mass is 79.9. The van der Waals surface area contributed by atoms with E-state index in [-0.39, 0.29) is 5.78 Å². The van der Waals surface area contributed by atoms with E-state index in [2.05, 4.69) is 15.9 Å². The van der Waals surface area contributed by atoms with E-state index < -0.39 is 0 Å². The van der Waals surface area contributed by atoms with Crippen molar-refractivity contribution in [2.75, 3.05) is 5.75 Å². The largest absolute Gasteiger partial charge is 0.292 e. The van der Waals surface area contributed by atoms with Crippen LogP contribution in [0.25, 0.3) is 0 Å². The van der Waals surface area contributed by atoms with Crippen molar-refractivity contribution in [2.45, 2.75) is 4.90 Å². The molecule has 1 nitrogen and oxygen atoms in total. The van der Waals surface area contributed by atoms with Crippen molar-refractivity contribution < 1.29 is 4.79 Å². The van der Waals surface area contributed by atoms with Crippen LogP contribution in [0.2, 0.25) is 5.02 Å². The number of Topliss-reactive ketones (excluding diaryl/α,β-unsaturated/α-hetero) is 1. The second-order valence-corrected chi connectivity index (χ2v) is 7.22. The monoisotopic (exact) mass is 346 g/mol. The summed E-state index contributed by atoms with van der Waals surface area (Å²) >= 11 is 12.2. The Bertz CT molecular complexity index is 539. The summed E-state index contributed by atoms with van der Waals surface area (Å²) in [4.78, 5) is 13.7. The summed E-state index contributed by atoms with van der Waals surface area (Å²) in [5.41, 5.74) is 0. The lowest BCUT2D eigenvalue weighted by molar-refractivity contribution is 0.102. The smallest absolute Gasteiger partial charge is 0.183 e. The molecule has 0 bridgehead atoms. The molecule has 5 heteroatoms.